The van der Waals surface area contributed by atoms with Crippen LogP contribution in [0.1, 0.15) is 71.1 Å². The first-order chi connectivity index (χ1) is 9.18. The molecule has 1 heterocycles. The highest BCUT2D eigenvalue weighted by atomic mass is 16.5. The first-order valence-electron chi connectivity index (χ1n) is 8.49. The molecule has 1 spiro atoms. The molecule has 3 aliphatic rings. The second-order valence-corrected chi connectivity index (χ2v) is 7.62. The van der Waals surface area contributed by atoms with Gasteiger partial charge in [0.1, 0.15) is 0 Å². The van der Waals surface area contributed by atoms with Gasteiger partial charge in [-0.25, -0.2) is 0 Å². The molecule has 0 aromatic carbocycles. The standard InChI is InChI=1S/C17H31NO/c1-16(8-3-4-9-16)15(18-2)14-7-12-19-17(13-14)10-5-6-11-17/h14-15,18H,3-13H2,1-2H3. The number of rotatable bonds is 3. The Hall–Kier alpha value is -0.0800. The summed E-state index contributed by atoms with van der Waals surface area (Å²) in [6.07, 6.45) is 13.7. The minimum Gasteiger partial charge on any atom is -0.375 e. The topological polar surface area (TPSA) is 21.3 Å². The summed E-state index contributed by atoms with van der Waals surface area (Å²) >= 11 is 0. The summed E-state index contributed by atoms with van der Waals surface area (Å²) in [5.41, 5.74) is 0.809. The molecule has 3 fully saturated rings. The molecule has 2 heteroatoms. The van der Waals surface area contributed by atoms with E-state index in [4.69, 9.17) is 4.74 Å². The van der Waals surface area contributed by atoms with Gasteiger partial charge in [-0.05, 0) is 56.9 Å². The van der Waals surface area contributed by atoms with Crippen LogP contribution in [0.25, 0.3) is 0 Å². The Labute approximate surface area is 118 Å². The summed E-state index contributed by atoms with van der Waals surface area (Å²) in [6.45, 7) is 3.52. The molecule has 2 nitrogen and oxygen atoms in total. The van der Waals surface area contributed by atoms with Crippen molar-refractivity contribution in [2.24, 2.45) is 11.3 Å². The highest BCUT2D eigenvalue weighted by molar-refractivity contribution is 5.00. The van der Waals surface area contributed by atoms with E-state index in [0.717, 1.165) is 12.5 Å². The Balaban J connectivity index is 1.72. The highest BCUT2D eigenvalue weighted by Crippen LogP contribution is 2.49. The molecular formula is C17H31NO. The van der Waals surface area contributed by atoms with E-state index in [9.17, 15) is 0 Å². The van der Waals surface area contributed by atoms with E-state index < -0.39 is 0 Å². The maximum absolute atomic E-state index is 6.22. The van der Waals surface area contributed by atoms with Crippen LogP contribution in [0.4, 0.5) is 0 Å². The van der Waals surface area contributed by atoms with Crippen LogP contribution in [0.15, 0.2) is 0 Å². The van der Waals surface area contributed by atoms with Gasteiger partial charge in [-0.2, -0.15) is 0 Å². The lowest BCUT2D eigenvalue weighted by Gasteiger charge is -2.46. The van der Waals surface area contributed by atoms with Crippen LogP contribution in [-0.4, -0.2) is 25.3 Å². The molecule has 1 N–H and O–H groups in total. The minimum atomic E-state index is 0.271. The van der Waals surface area contributed by atoms with Gasteiger partial charge >= 0.3 is 0 Å². The van der Waals surface area contributed by atoms with Crippen molar-refractivity contribution in [2.75, 3.05) is 13.7 Å². The van der Waals surface area contributed by atoms with Gasteiger partial charge < -0.3 is 10.1 Å². The van der Waals surface area contributed by atoms with Crippen molar-refractivity contribution in [1.29, 1.82) is 0 Å². The summed E-state index contributed by atoms with van der Waals surface area (Å²) in [4.78, 5) is 0. The largest absolute Gasteiger partial charge is 0.375 e. The second-order valence-electron chi connectivity index (χ2n) is 7.62. The lowest BCUT2D eigenvalue weighted by molar-refractivity contribution is -0.104. The predicted octanol–water partition coefficient (Wildman–Crippen LogP) is 3.89. The van der Waals surface area contributed by atoms with Gasteiger partial charge in [0.15, 0.2) is 0 Å². The van der Waals surface area contributed by atoms with Crippen LogP contribution in [0.3, 0.4) is 0 Å². The lowest BCUT2D eigenvalue weighted by atomic mass is 9.69. The molecule has 2 saturated carbocycles. The zero-order valence-electron chi connectivity index (χ0n) is 12.8. The molecule has 0 amide bonds. The Morgan fingerprint density at radius 2 is 1.68 bits per heavy atom. The van der Waals surface area contributed by atoms with Crippen LogP contribution in [0.5, 0.6) is 0 Å². The Morgan fingerprint density at radius 3 is 2.32 bits per heavy atom. The van der Waals surface area contributed by atoms with E-state index >= 15 is 0 Å². The fourth-order valence-corrected chi connectivity index (χ4v) is 5.36. The van der Waals surface area contributed by atoms with Gasteiger partial charge in [0, 0.05) is 12.6 Å². The summed E-state index contributed by atoms with van der Waals surface area (Å²) < 4.78 is 6.22. The van der Waals surface area contributed by atoms with Crippen molar-refractivity contribution < 1.29 is 4.74 Å². The van der Waals surface area contributed by atoms with E-state index in [-0.39, 0.29) is 5.60 Å². The van der Waals surface area contributed by atoms with Crippen LogP contribution in [0, 0.1) is 11.3 Å². The molecule has 19 heavy (non-hydrogen) atoms. The number of hydrogen-bond acceptors (Lipinski definition) is 2. The average molecular weight is 265 g/mol. The molecular weight excluding hydrogens is 234 g/mol. The maximum Gasteiger partial charge on any atom is 0.0685 e. The van der Waals surface area contributed by atoms with Gasteiger partial charge in [-0.15, -0.1) is 0 Å². The molecule has 0 aromatic heterocycles. The van der Waals surface area contributed by atoms with E-state index in [2.05, 4.69) is 19.3 Å². The quantitative estimate of drug-likeness (QED) is 0.836. The Kier molecular flexibility index (Phi) is 3.92. The first kappa shape index (κ1) is 13.9. The lowest BCUT2D eigenvalue weighted by Crippen LogP contribution is -2.51. The van der Waals surface area contributed by atoms with Crippen LogP contribution in [0.2, 0.25) is 0 Å². The third kappa shape index (κ3) is 2.58. The van der Waals surface area contributed by atoms with E-state index in [0.29, 0.717) is 11.5 Å². The smallest absolute Gasteiger partial charge is 0.0685 e. The van der Waals surface area contributed by atoms with E-state index in [1.165, 1.54) is 64.2 Å². The van der Waals surface area contributed by atoms with Gasteiger partial charge in [-0.1, -0.05) is 32.6 Å². The summed E-state index contributed by atoms with van der Waals surface area (Å²) in [7, 11) is 2.19. The fraction of sp³-hybridized carbons (Fsp3) is 1.00. The average Bonchev–Trinajstić information content (AvgIpc) is 3.01. The summed E-state index contributed by atoms with van der Waals surface area (Å²) in [5.74, 6) is 0.833. The number of nitrogens with one attached hydrogen (secondary N) is 1. The molecule has 0 aromatic rings. The van der Waals surface area contributed by atoms with Gasteiger partial charge in [0.2, 0.25) is 0 Å². The van der Waals surface area contributed by atoms with Crippen molar-refractivity contribution >= 4 is 0 Å². The van der Waals surface area contributed by atoms with Crippen molar-refractivity contribution in [3.05, 3.63) is 0 Å². The minimum absolute atomic E-state index is 0.271. The van der Waals surface area contributed by atoms with Gasteiger partial charge in [0.25, 0.3) is 0 Å². The third-order valence-corrected chi connectivity index (χ3v) is 6.32. The van der Waals surface area contributed by atoms with Crippen molar-refractivity contribution in [2.45, 2.75) is 82.8 Å². The molecule has 3 rings (SSSR count). The van der Waals surface area contributed by atoms with Gasteiger partial charge in [0.05, 0.1) is 5.60 Å². The molecule has 1 aliphatic heterocycles. The number of ether oxygens (including phenoxy) is 1. The highest BCUT2D eigenvalue weighted by Gasteiger charge is 2.46. The van der Waals surface area contributed by atoms with Crippen LogP contribution >= 0.6 is 0 Å². The third-order valence-electron chi connectivity index (χ3n) is 6.32. The molecule has 2 aliphatic carbocycles. The fourth-order valence-electron chi connectivity index (χ4n) is 5.36. The SMILES string of the molecule is CNC(C1CCOC2(CCCC2)C1)C1(C)CCCC1. The van der Waals surface area contributed by atoms with Crippen molar-refractivity contribution in [3.8, 4) is 0 Å². The molecule has 0 bridgehead atoms. The zero-order valence-corrected chi connectivity index (χ0v) is 12.8. The maximum atomic E-state index is 6.22. The zero-order chi connectivity index (χ0) is 13.3. The van der Waals surface area contributed by atoms with Crippen LogP contribution in [-0.2, 0) is 4.74 Å². The van der Waals surface area contributed by atoms with Crippen LogP contribution < -0.4 is 5.32 Å². The van der Waals surface area contributed by atoms with Crippen molar-refractivity contribution in [1.82, 2.24) is 5.32 Å². The molecule has 1 saturated heterocycles. The van der Waals surface area contributed by atoms with Gasteiger partial charge in [-0.3, -0.25) is 0 Å². The molecule has 2 unspecified atom stereocenters. The molecule has 2 atom stereocenters. The predicted molar refractivity (Wildman–Crippen MR) is 79.3 cm³/mol. The summed E-state index contributed by atoms with van der Waals surface area (Å²) in [5, 5.41) is 3.71. The normalized spacial score (nSPS) is 34.7. The number of hydrogen-bond donors (Lipinski definition) is 1. The first-order valence-corrected chi connectivity index (χ1v) is 8.49. The monoisotopic (exact) mass is 265 g/mol. The Bertz CT molecular complexity index is 302. The second kappa shape index (κ2) is 5.37. The molecule has 110 valence electrons. The van der Waals surface area contributed by atoms with Crippen molar-refractivity contribution in [3.63, 3.8) is 0 Å². The Morgan fingerprint density at radius 1 is 1.05 bits per heavy atom. The van der Waals surface area contributed by atoms with E-state index in [1.54, 1.807) is 0 Å². The summed E-state index contributed by atoms with van der Waals surface area (Å²) in [6, 6.07) is 0.705. The molecule has 0 radical (unpaired) electrons. The van der Waals surface area contributed by atoms with E-state index in [1.807, 2.05) is 0 Å².